The lowest BCUT2D eigenvalue weighted by Crippen LogP contribution is -1.91. The second-order valence-electron chi connectivity index (χ2n) is 1.79. The van der Waals surface area contributed by atoms with Crippen molar-refractivity contribution in [3.8, 4) is 5.75 Å². The van der Waals surface area contributed by atoms with Gasteiger partial charge in [0.25, 0.3) is 0 Å². The van der Waals surface area contributed by atoms with E-state index in [9.17, 15) is 0 Å². The van der Waals surface area contributed by atoms with Gasteiger partial charge in [0.05, 0.1) is 6.20 Å². The van der Waals surface area contributed by atoms with Crippen molar-refractivity contribution in [2.24, 2.45) is 0 Å². The van der Waals surface area contributed by atoms with E-state index in [1.807, 2.05) is 12.1 Å². The van der Waals surface area contributed by atoms with Gasteiger partial charge in [-0.3, -0.25) is 4.98 Å². The van der Waals surface area contributed by atoms with Crippen molar-refractivity contribution >= 4 is 0 Å². The molecule has 0 bridgehead atoms. The molecule has 0 unspecified atom stereocenters. The lowest BCUT2D eigenvalue weighted by Gasteiger charge is -1.99. The molecule has 2 nitrogen and oxygen atoms in total. The molecule has 0 aliphatic carbocycles. The number of hydrogen-bond donors (Lipinski definition) is 0. The van der Waals surface area contributed by atoms with Gasteiger partial charge in [-0.2, -0.15) is 0 Å². The monoisotopic (exact) mass is 135 g/mol. The normalized spacial score (nSPS) is 8.80. The van der Waals surface area contributed by atoms with Gasteiger partial charge < -0.3 is 4.74 Å². The molecule has 0 N–H and O–H groups in total. The van der Waals surface area contributed by atoms with Crippen LogP contribution < -0.4 is 4.74 Å². The zero-order valence-electron chi connectivity index (χ0n) is 5.66. The molecular formula is C8H9NO. The third kappa shape index (κ3) is 1.90. The summed E-state index contributed by atoms with van der Waals surface area (Å²) in [7, 11) is 0. The number of hydrogen-bond acceptors (Lipinski definition) is 2. The van der Waals surface area contributed by atoms with E-state index in [0.717, 1.165) is 5.75 Å². The maximum Gasteiger partial charge on any atom is 0.138 e. The van der Waals surface area contributed by atoms with Crippen LogP contribution >= 0.6 is 0 Å². The Labute approximate surface area is 60.2 Å². The topological polar surface area (TPSA) is 22.1 Å². The second kappa shape index (κ2) is 3.67. The molecule has 10 heavy (non-hydrogen) atoms. The molecule has 0 spiro atoms. The van der Waals surface area contributed by atoms with Gasteiger partial charge in [0, 0.05) is 6.20 Å². The Balaban J connectivity index is 2.50. The molecule has 0 aliphatic heterocycles. The first-order valence-electron chi connectivity index (χ1n) is 3.07. The molecule has 52 valence electrons. The smallest absolute Gasteiger partial charge is 0.138 e. The number of aromatic nitrogens is 1. The molecular weight excluding hydrogens is 126 g/mol. The van der Waals surface area contributed by atoms with Crippen molar-refractivity contribution in [3.05, 3.63) is 37.2 Å². The Kier molecular flexibility index (Phi) is 2.49. The molecule has 1 heterocycles. The fourth-order valence-electron chi connectivity index (χ4n) is 0.588. The first-order valence-corrected chi connectivity index (χ1v) is 3.07. The van der Waals surface area contributed by atoms with Gasteiger partial charge in [-0.25, -0.2) is 0 Å². The molecule has 0 aromatic carbocycles. The van der Waals surface area contributed by atoms with E-state index in [1.54, 1.807) is 18.5 Å². The Morgan fingerprint density at radius 3 is 3.20 bits per heavy atom. The van der Waals surface area contributed by atoms with E-state index >= 15 is 0 Å². The summed E-state index contributed by atoms with van der Waals surface area (Å²) in [6, 6.07) is 3.69. The average Bonchev–Trinajstić information content (AvgIpc) is 2.03. The highest BCUT2D eigenvalue weighted by Gasteiger charge is 1.86. The van der Waals surface area contributed by atoms with E-state index in [2.05, 4.69) is 11.6 Å². The van der Waals surface area contributed by atoms with Gasteiger partial charge in [0.15, 0.2) is 0 Å². The highest BCUT2D eigenvalue weighted by molar-refractivity contribution is 5.15. The van der Waals surface area contributed by atoms with Crippen LogP contribution in [-0.2, 0) is 0 Å². The summed E-state index contributed by atoms with van der Waals surface area (Å²) in [5.41, 5.74) is 0. The lowest BCUT2D eigenvalue weighted by atomic mass is 10.5. The molecule has 0 fully saturated rings. The maximum absolute atomic E-state index is 5.17. The Morgan fingerprint density at radius 2 is 2.60 bits per heavy atom. The zero-order valence-corrected chi connectivity index (χ0v) is 5.66. The van der Waals surface area contributed by atoms with Crippen molar-refractivity contribution in [1.82, 2.24) is 4.98 Å². The summed E-state index contributed by atoms with van der Waals surface area (Å²) in [4.78, 5) is 3.88. The minimum absolute atomic E-state index is 0.533. The quantitative estimate of drug-likeness (QED) is 0.588. The van der Waals surface area contributed by atoms with Crippen LogP contribution in [0.5, 0.6) is 5.75 Å². The Hall–Kier alpha value is -1.31. The van der Waals surface area contributed by atoms with Crippen molar-refractivity contribution in [3.63, 3.8) is 0 Å². The highest BCUT2D eigenvalue weighted by atomic mass is 16.5. The minimum atomic E-state index is 0.533. The van der Waals surface area contributed by atoms with Crippen molar-refractivity contribution in [2.75, 3.05) is 6.61 Å². The number of ether oxygens (including phenoxy) is 1. The molecule has 1 aromatic rings. The standard InChI is InChI=1S/C8H9NO/c1-2-6-10-8-4-3-5-9-7-8/h2-5,7H,1,6H2. The van der Waals surface area contributed by atoms with Crippen LogP contribution in [0.3, 0.4) is 0 Å². The third-order valence-corrected chi connectivity index (χ3v) is 1.00. The summed E-state index contributed by atoms with van der Waals surface area (Å²) in [5, 5.41) is 0. The predicted octanol–water partition coefficient (Wildman–Crippen LogP) is 1.65. The van der Waals surface area contributed by atoms with E-state index in [-0.39, 0.29) is 0 Å². The van der Waals surface area contributed by atoms with Crippen LogP contribution in [0.4, 0.5) is 0 Å². The van der Waals surface area contributed by atoms with Crippen LogP contribution in [0.1, 0.15) is 0 Å². The molecule has 0 atom stereocenters. The zero-order chi connectivity index (χ0) is 7.23. The van der Waals surface area contributed by atoms with Gasteiger partial charge in [-0.05, 0) is 12.1 Å². The molecule has 1 aromatic heterocycles. The number of pyridine rings is 1. The minimum Gasteiger partial charge on any atom is -0.488 e. The summed E-state index contributed by atoms with van der Waals surface area (Å²) in [6.45, 7) is 4.06. The van der Waals surface area contributed by atoms with Crippen LogP contribution in [0.2, 0.25) is 0 Å². The predicted molar refractivity (Wildman–Crippen MR) is 39.9 cm³/mol. The van der Waals surface area contributed by atoms with Crippen molar-refractivity contribution in [1.29, 1.82) is 0 Å². The molecule has 2 heteroatoms. The first-order chi connectivity index (χ1) is 4.93. The van der Waals surface area contributed by atoms with Crippen LogP contribution in [0.15, 0.2) is 37.2 Å². The van der Waals surface area contributed by atoms with Gasteiger partial charge in [0.1, 0.15) is 12.4 Å². The van der Waals surface area contributed by atoms with Crippen LogP contribution in [-0.4, -0.2) is 11.6 Å². The van der Waals surface area contributed by atoms with Crippen molar-refractivity contribution in [2.45, 2.75) is 0 Å². The first kappa shape index (κ1) is 6.81. The van der Waals surface area contributed by atoms with E-state index < -0.39 is 0 Å². The molecule has 1 rings (SSSR count). The van der Waals surface area contributed by atoms with E-state index in [0.29, 0.717) is 6.61 Å². The van der Waals surface area contributed by atoms with Gasteiger partial charge in [-0.1, -0.05) is 12.7 Å². The molecule has 0 saturated carbocycles. The summed E-state index contributed by atoms with van der Waals surface area (Å²) >= 11 is 0. The SMILES string of the molecule is C=CCOc1cccnc1. The van der Waals surface area contributed by atoms with Gasteiger partial charge >= 0.3 is 0 Å². The fraction of sp³-hybridized carbons (Fsp3) is 0.125. The van der Waals surface area contributed by atoms with E-state index in [1.165, 1.54) is 0 Å². The van der Waals surface area contributed by atoms with Crippen LogP contribution in [0.25, 0.3) is 0 Å². The summed E-state index contributed by atoms with van der Waals surface area (Å²) in [5.74, 6) is 0.780. The maximum atomic E-state index is 5.17. The van der Waals surface area contributed by atoms with Gasteiger partial charge in [0.2, 0.25) is 0 Å². The third-order valence-electron chi connectivity index (χ3n) is 1.00. The largest absolute Gasteiger partial charge is 0.488 e. The van der Waals surface area contributed by atoms with Gasteiger partial charge in [-0.15, -0.1) is 0 Å². The van der Waals surface area contributed by atoms with Crippen molar-refractivity contribution < 1.29 is 4.74 Å². The molecule has 0 saturated heterocycles. The summed E-state index contributed by atoms with van der Waals surface area (Å²) in [6.07, 6.45) is 5.08. The lowest BCUT2D eigenvalue weighted by molar-refractivity contribution is 0.361. The Bertz CT molecular complexity index is 196. The molecule has 0 radical (unpaired) electrons. The Morgan fingerprint density at radius 1 is 1.70 bits per heavy atom. The second-order valence-corrected chi connectivity index (χ2v) is 1.79. The summed E-state index contributed by atoms with van der Waals surface area (Å²) < 4.78 is 5.17. The van der Waals surface area contributed by atoms with E-state index in [4.69, 9.17) is 4.74 Å². The van der Waals surface area contributed by atoms with Crippen LogP contribution in [0, 0.1) is 0 Å². The average molecular weight is 135 g/mol. The highest BCUT2D eigenvalue weighted by Crippen LogP contribution is 2.04. The molecule has 0 aliphatic rings. The number of nitrogens with zero attached hydrogens (tertiary/aromatic N) is 1. The molecule has 0 amide bonds. The number of rotatable bonds is 3. The fourth-order valence-corrected chi connectivity index (χ4v) is 0.588.